The van der Waals surface area contributed by atoms with Crippen molar-refractivity contribution in [2.75, 3.05) is 26.9 Å². The van der Waals surface area contributed by atoms with Gasteiger partial charge in [0, 0.05) is 18.3 Å². The molecule has 8 nitrogen and oxygen atoms in total. The molecule has 0 aliphatic heterocycles. The van der Waals surface area contributed by atoms with Gasteiger partial charge in [-0.3, -0.25) is 0 Å². The molecule has 0 radical (unpaired) electrons. The second-order valence-electron chi connectivity index (χ2n) is 7.30. The van der Waals surface area contributed by atoms with E-state index >= 15 is 0 Å². The second-order valence-corrected chi connectivity index (χ2v) is 7.30. The van der Waals surface area contributed by atoms with Gasteiger partial charge in [-0.2, -0.15) is 4.68 Å². The quantitative estimate of drug-likeness (QED) is 0.513. The van der Waals surface area contributed by atoms with Gasteiger partial charge in [0.15, 0.2) is 17.4 Å². The van der Waals surface area contributed by atoms with Gasteiger partial charge < -0.3 is 15.4 Å². The third-order valence-electron chi connectivity index (χ3n) is 4.81. The summed E-state index contributed by atoms with van der Waals surface area (Å²) in [6.07, 6.45) is 1.69. The number of hydrogen-bond donors (Lipinski definition) is 1. The third kappa shape index (κ3) is 4.08. The predicted octanol–water partition coefficient (Wildman–Crippen LogP) is 3.18. The van der Waals surface area contributed by atoms with E-state index in [0.717, 1.165) is 17.7 Å². The number of ether oxygens (including phenoxy) is 1. The van der Waals surface area contributed by atoms with E-state index < -0.39 is 5.82 Å². The number of benzene rings is 2. The van der Waals surface area contributed by atoms with Crippen molar-refractivity contribution in [2.45, 2.75) is 6.54 Å². The van der Waals surface area contributed by atoms with Crippen LogP contribution in [0.4, 0.5) is 10.2 Å². The number of rotatable bonds is 6. The topological polar surface area (TPSA) is 95.0 Å². The molecule has 31 heavy (non-hydrogen) atoms. The van der Waals surface area contributed by atoms with Crippen LogP contribution in [0.15, 0.2) is 54.7 Å². The van der Waals surface area contributed by atoms with Gasteiger partial charge in [-0.05, 0) is 53.8 Å². The molecule has 0 spiro atoms. The average Bonchev–Trinajstić information content (AvgIpc) is 3.24. The molecule has 0 amide bonds. The van der Waals surface area contributed by atoms with E-state index in [1.807, 2.05) is 32.3 Å². The van der Waals surface area contributed by atoms with Crippen molar-refractivity contribution in [1.29, 1.82) is 0 Å². The van der Waals surface area contributed by atoms with Gasteiger partial charge in [0.1, 0.15) is 11.5 Å². The number of nitrogens with two attached hydrogens (primary N) is 1. The largest absolute Gasteiger partial charge is 0.494 e. The highest BCUT2D eigenvalue weighted by Gasteiger charge is 2.19. The molecule has 0 saturated carbocycles. The van der Waals surface area contributed by atoms with E-state index in [-0.39, 0.29) is 23.1 Å². The third-order valence-corrected chi connectivity index (χ3v) is 4.81. The van der Waals surface area contributed by atoms with Gasteiger partial charge in [-0.15, -0.1) is 5.10 Å². The summed E-state index contributed by atoms with van der Waals surface area (Å²) in [5, 5.41) is 11.7. The summed E-state index contributed by atoms with van der Waals surface area (Å²) in [7, 11) is 5.46. The molecule has 158 valence electrons. The zero-order valence-electron chi connectivity index (χ0n) is 17.5. The lowest BCUT2D eigenvalue weighted by atomic mass is 10.0. The van der Waals surface area contributed by atoms with Crippen LogP contribution in [0, 0.1) is 5.82 Å². The van der Waals surface area contributed by atoms with Gasteiger partial charge in [0.25, 0.3) is 0 Å². The average molecular weight is 419 g/mol. The molecule has 2 N–H and O–H groups in total. The molecule has 0 unspecified atom stereocenters. The molecule has 4 rings (SSSR count). The number of anilines is 1. The summed E-state index contributed by atoms with van der Waals surface area (Å²) in [4.78, 5) is 6.42. The van der Waals surface area contributed by atoms with E-state index in [1.54, 1.807) is 18.3 Å². The van der Waals surface area contributed by atoms with E-state index in [1.165, 1.54) is 23.4 Å². The van der Waals surface area contributed by atoms with Crippen LogP contribution in [0.2, 0.25) is 0 Å². The monoisotopic (exact) mass is 419 g/mol. The first-order valence-electron chi connectivity index (χ1n) is 9.59. The van der Waals surface area contributed by atoms with Crippen LogP contribution >= 0.6 is 0 Å². The maximum absolute atomic E-state index is 14.8. The molecule has 0 aliphatic rings. The Balaban J connectivity index is 1.75. The van der Waals surface area contributed by atoms with Crippen molar-refractivity contribution >= 4 is 5.82 Å². The molecule has 0 saturated heterocycles. The van der Waals surface area contributed by atoms with Crippen LogP contribution in [0.1, 0.15) is 5.56 Å². The highest BCUT2D eigenvalue weighted by Crippen LogP contribution is 2.31. The van der Waals surface area contributed by atoms with Crippen molar-refractivity contribution in [3.8, 4) is 34.0 Å². The number of halogens is 1. The molecule has 0 aliphatic carbocycles. The molecule has 4 aromatic rings. The normalized spacial score (nSPS) is 11.1. The Morgan fingerprint density at radius 3 is 2.58 bits per heavy atom. The van der Waals surface area contributed by atoms with Gasteiger partial charge in [-0.25, -0.2) is 9.37 Å². The lowest BCUT2D eigenvalue weighted by molar-refractivity contribution is 0.385. The Morgan fingerprint density at radius 1 is 1.10 bits per heavy atom. The minimum atomic E-state index is -0.572. The maximum atomic E-state index is 14.8. The molecular weight excluding hydrogens is 397 g/mol. The summed E-state index contributed by atoms with van der Waals surface area (Å²) >= 11 is 0. The second kappa shape index (κ2) is 8.49. The number of nitrogens with zero attached hydrogens (tertiary/aromatic N) is 6. The van der Waals surface area contributed by atoms with E-state index in [9.17, 15) is 4.39 Å². The van der Waals surface area contributed by atoms with Crippen LogP contribution in [-0.2, 0) is 6.54 Å². The summed E-state index contributed by atoms with van der Waals surface area (Å²) in [5.74, 6) is 0.0462. The first kappa shape index (κ1) is 20.4. The number of nitrogen functional groups attached to an aromatic ring is 1. The summed E-state index contributed by atoms with van der Waals surface area (Å²) < 4.78 is 21.2. The lowest BCUT2D eigenvalue weighted by Gasteiger charge is -2.12. The Hall–Kier alpha value is -3.85. The Bertz CT molecular complexity index is 1200. The standard InChI is InChI=1S/C22H22FN7O/c1-29(2)13-14-7-9-15(10-8-14)16-11-17(21(24)25-12-16)22-26-27-28-30(22)18-5-4-6-19(31-3)20(18)23/h4-12H,13H2,1-3H3,(H2,24,25). The van der Waals surface area contributed by atoms with Crippen molar-refractivity contribution in [1.82, 2.24) is 30.1 Å². The fourth-order valence-electron chi connectivity index (χ4n) is 3.32. The number of tetrazole rings is 1. The molecule has 0 fully saturated rings. The number of aromatic nitrogens is 5. The molecule has 0 bridgehead atoms. The van der Waals surface area contributed by atoms with Crippen LogP contribution in [0.5, 0.6) is 5.75 Å². The van der Waals surface area contributed by atoms with Crippen molar-refractivity contribution in [3.05, 3.63) is 66.1 Å². The lowest BCUT2D eigenvalue weighted by Crippen LogP contribution is -2.10. The molecular formula is C22H22FN7O. The highest BCUT2D eigenvalue weighted by atomic mass is 19.1. The molecule has 2 heterocycles. The van der Waals surface area contributed by atoms with E-state index in [0.29, 0.717) is 5.56 Å². The first-order chi connectivity index (χ1) is 15.0. The smallest absolute Gasteiger partial charge is 0.190 e. The van der Waals surface area contributed by atoms with Gasteiger partial charge in [0.05, 0.1) is 12.7 Å². The van der Waals surface area contributed by atoms with Crippen LogP contribution in [-0.4, -0.2) is 51.3 Å². The van der Waals surface area contributed by atoms with Crippen LogP contribution < -0.4 is 10.5 Å². The minimum absolute atomic E-state index is 0.0941. The van der Waals surface area contributed by atoms with Crippen LogP contribution in [0.25, 0.3) is 28.2 Å². The molecule has 0 atom stereocenters. The van der Waals surface area contributed by atoms with Gasteiger partial charge in [0.2, 0.25) is 0 Å². The molecule has 2 aromatic carbocycles. The molecule has 9 heteroatoms. The Morgan fingerprint density at radius 2 is 1.87 bits per heavy atom. The van der Waals surface area contributed by atoms with Crippen molar-refractivity contribution in [3.63, 3.8) is 0 Å². The minimum Gasteiger partial charge on any atom is -0.494 e. The number of pyridine rings is 1. The Kier molecular flexibility index (Phi) is 5.59. The zero-order chi connectivity index (χ0) is 22.0. The zero-order valence-corrected chi connectivity index (χ0v) is 17.5. The van der Waals surface area contributed by atoms with Gasteiger partial charge in [-0.1, -0.05) is 30.3 Å². The highest BCUT2D eigenvalue weighted by molar-refractivity contribution is 5.76. The summed E-state index contributed by atoms with van der Waals surface area (Å²) in [6, 6.07) is 14.8. The van der Waals surface area contributed by atoms with Gasteiger partial charge >= 0.3 is 0 Å². The maximum Gasteiger partial charge on any atom is 0.190 e. The first-order valence-corrected chi connectivity index (χ1v) is 9.59. The van der Waals surface area contributed by atoms with E-state index in [4.69, 9.17) is 10.5 Å². The predicted molar refractivity (Wildman–Crippen MR) is 116 cm³/mol. The fourth-order valence-corrected chi connectivity index (χ4v) is 3.32. The number of hydrogen-bond acceptors (Lipinski definition) is 7. The van der Waals surface area contributed by atoms with Crippen molar-refractivity contribution < 1.29 is 9.13 Å². The fraction of sp³-hybridized carbons (Fsp3) is 0.182. The molecule has 2 aromatic heterocycles. The number of methoxy groups -OCH3 is 1. The van der Waals surface area contributed by atoms with Crippen molar-refractivity contribution in [2.24, 2.45) is 0 Å². The van der Waals surface area contributed by atoms with Crippen LogP contribution in [0.3, 0.4) is 0 Å². The summed E-state index contributed by atoms with van der Waals surface area (Å²) in [6.45, 7) is 0.854. The Labute approximate surface area is 179 Å². The van der Waals surface area contributed by atoms with E-state index in [2.05, 4.69) is 37.5 Å². The summed E-state index contributed by atoms with van der Waals surface area (Å²) in [5.41, 5.74) is 9.81. The SMILES string of the molecule is COc1cccc(-n2nnnc2-c2cc(-c3ccc(CN(C)C)cc3)cnc2N)c1F.